The summed E-state index contributed by atoms with van der Waals surface area (Å²) < 4.78 is 0. The molecule has 1 aromatic carbocycles. The third-order valence-electron chi connectivity index (χ3n) is 4.24. The molecule has 0 spiro atoms. The van der Waals surface area contributed by atoms with Gasteiger partial charge in [-0.2, -0.15) is 0 Å². The number of nitrogens with one attached hydrogen (secondary N) is 1. The summed E-state index contributed by atoms with van der Waals surface area (Å²) >= 11 is 0. The minimum atomic E-state index is -0.219. The highest BCUT2D eigenvalue weighted by atomic mass is 16.1. The predicted octanol–water partition coefficient (Wildman–Crippen LogP) is 2.82. The molecule has 0 amide bonds. The first-order valence-electron chi connectivity index (χ1n) is 6.88. The van der Waals surface area contributed by atoms with Gasteiger partial charge in [-0.15, -0.1) is 0 Å². The van der Waals surface area contributed by atoms with Gasteiger partial charge in [-0.1, -0.05) is 44.2 Å². The lowest BCUT2D eigenvalue weighted by Gasteiger charge is -2.36. The van der Waals surface area contributed by atoms with E-state index in [4.69, 9.17) is 0 Å². The number of ketones is 1. The van der Waals surface area contributed by atoms with Gasteiger partial charge in [0.2, 0.25) is 0 Å². The Bertz CT molecular complexity index is 391. The van der Waals surface area contributed by atoms with Gasteiger partial charge in [0.05, 0.1) is 0 Å². The Balaban J connectivity index is 2.02. The van der Waals surface area contributed by atoms with Gasteiger partial charge in [0.25, 0.3) is 0 Å². The Morgan fingerprint density at radius 3 is 2.67 bits per heavy atom. The maximum atomic E-state index is 12.5. The molecule has 1 unspecified atom stereocenters. The van der Waals surface area contributed by atoms with E-state index >= 15 is 0 Å². The first-order valence-corrected chi connectivity index (χ1v) is 6.88. The largest absolute Gasteiger partial charge is 0.316 e. The van der Waals surface area contributed by atoms with E-state index < -0.39 is 0 Å². The number of Topliss-reactive ketones (excluding diaryl/α,β-unsaturated/α-hetero) is 1. The third-order valence-corrected chi connectivity index (χ3v) is 4.24. The molecule has 1 aliphatic rings. The fourth-order valence-corrected chi connectivity index (χ4v) is 2.70. The van der Waals surface area contributed by atoms with Gasteiger partial charge in [-0.25, -0.2) is 0 Å². The maximum Gasteiger partial charge on any atom is 0.143 e. The maximum absolute atomic E-state index is 12.5. The zero-order valence-electron chi connectivity index (χ0n) is 11.4. The zero-order chi connectivity index (χ0) is 13.0. The number of hydrogen-bond donors (Lipinski definition) is 1. The molecule has 1 aromatic rings. The van der Waals surface area contributed by atoms with E-state index in [9.17, 15) is 4.79 Å². The molecule has 0 aromatic heterocycles. The molecule has 0 radical (unpaired) electrons. The minimum Gasteiger partial charge on any atom is -0.316 e. The minimum absolute atomic E-state index is 0.219. The summed E-state index contributed by atoms with van der Waals surface area (Å²) in [5.74, 6) is 0.838. The molecule has 1 saturated heterocycles. The molecule has 18 heavy (non-hydrogen) atoms. The highest BCUT2D eigenvalue weighted by molar-refractivity contribution is 5.86. The number of carbonyl (C=O) groups excluding carboxylic acids is 1. The normalized spacial score (nSPS) is 20.7. The lowest BCUT2D eigenvalue weighted by Crippen LogP contribution is -2.43. The van der Waals surface area contributed by atoms with Gasteiger partial charge in [-0.3, -0.25) is 4.79 Å². The summed E-state index contributed by atoms with van der Waals surface area (Å²) in [7, 11) is 0. The van der Waals surface area contributed by atoms with Crippen LogP contribution in [0.1, 0.15) is 32.3 Å². The average Bonchev–Trinajstić information content (AvgIpc) is 2.41. The molecule has 98 valence electrons. The molecule has 0 saturated carbocycles. The molecule has 2 heteroatoms. The molecule has 2 nitrogen and oxygen atoms in total. The van der Waals surface area contributed by atoms with E-state index in [0.717, 1.165) is 18.7 Å². The number of hydrogen-bond acceptors (Lipinski definition) is 2. The van der Waals surface area contributed by atoms with Crippen LogP contribution in [0.2, 0.25) is 0 Å². The standard InChI is InChI=1S/C16H23NO/c1-16(2,14-9-6-10-17-12-14)15(18)11-13-7-4-3-5-8-13/h3-5,7-8,14,17H,6,9-12H2,1-2H3. The second-order valence-corrected chi connectivity index (χ2v) is 5.85. The molecular weight excluding hydrogens is 222 g/mol. The van der Waals surface area contributed by atoms with Crippen LogP contribution in [0.5, 0.6) is 0 Å². The molecule has 0 aliphatic carbocycles. The molecule has 1 atom stereocenters. The molecule has 1 heterocycles. The fraction of sp³-hybridized carbons (Fsp3) is 0.562. The van der Waals surface area contributed by atoms with Crippen molar-refractivity contribution in [3.8, 4) is 0 Å². The Morgan fingerprint density at radius 2 is 2.06 bits per heavy atom. The molecular formula is C16H23NO. The summed E-state index contributed by atoms with van der Waals surface area (Å²) in [6.45, 7) is 6.29. The van der Waals surface area contributed by atoms with Crippen LogP contribution in [-0.4, -0.2) is 18.9 Å². The van der Waals surface area contributed by atoms with Gasteiger partial charge in [0.15, 0.2) is 0 Å². The average molecular weight is 245 g/mol. The Morgan fingerprint density at radius 1 is 1.33 bits per heavy atom. The van der Waals surface area contributed by atoms with Crippen molar-refractivity contribution < 1.29 is 4.79 Å². The number of benzene rings is 1. The summed E-state index contributed by atoms with van der Waals surface area (Å²) in [6, 6.07) is 10.1. The Labute approximate surface area is 110 Å². The van der Waals surface area contributed by atoms with Crippen LogP contribution < -0.4 is 5.32 Å². The summed E-state index contributed by atoms with van der Waals surface area (Å²) in [5.41, 5.74) is 0.905. The fourth-order valence-electron chi connectivity index (χ4n) is 2.70. The third kappa shape index (κ3) is 2.99. The van der Waals surface area contributed by atoms with Crippen LogP contribution >= 0.6 is 0 Å². The Kier molecular flexibility index (Phi) is 4.18. The van der Waals surface area contributed by atoms with Crippen LogP contribution in [0.15, 0.2) is 30.3 Å². The van der Waals surface area contributed by atoms with E-state index in [1.165, 1.54) is 12.8 Å². The smallest absolute Gasteiger partial charge is 0.143 e. The summed E-state index contributed by atoms with van der Waals surface area (Å²) in [4.78, 5) is 12.5. The van der Waals surface area contributed by atoms with Gasteiger partial charge < -0.3 is 5.32 Å². The number of rotatable bonds is 4. The molecule has 1 aliphatic heterocycles. The molecule has 2 rings (SSSR count). The van der Waals surface area contributed by atoms with Gasteiger partial charge in [0.1, 0.15) is 5.78 Å². The van der Waals surface area contributed by atoms with Crippen LogP contribution in [0.3, 0.4) is 0 Å². The molecule has 0 bridgehead atoms. The predicted molar refractivity (Wildman–Crippen MR) is 74.5 cm³/mol. The number of piperidine rings is 1. The highest BCUT2D eigenvalue weighted by Gasteiger charge is 2.36. The van der Waals surface area contributed by atoms with Gasteiger partial charge in [0, 0.05) is 11.8 Å². The lowest BCUT2D eigenvalue weighted by molar-refractivity contribution is -0.129. The molecule has 1 fully saturated rings. The van der Waals surface area contributed by atoms with Gasteiger partial charge >= 0.3 is 0 Å². The van der Waals surface area contributed by atoms with Crippen molar-refractivity contribution in [1.82, 2.24) is 5.32 Å². The van der Waals surface area contributed by atoms with Crippen LogP contribution in [0, 0.1) is 11.3 Å². The van der Waals surface area contributed by atoms with E-state index in [0.29, 0.717) is 18.1 Å². The first kappa shape index (κ1) is 13.3. The second-order valence-electron chi connectivity index (χ2n) is 5.85. The van der Waals surface area contributed by atoms with E-state index in [-0.39, 0.29) is 5.41 Å². The lowest BCUT2D eigenvalue weighted by atomic mass is 9.71. The van der Waals surface area contributed by atoms with Gasteiger partial charge in [-0.05, 0) is 37.4 Å². The van der Waals surface area contributed by atoms with Crippen molar-refractivity contribution in [1.29, 1.82) is 0 Å². The quantitative estimate of drug-likeness (QED) is 0.883. The van der Waals surface area contributed by atoms with Crippen molar-refractivity contribution in [2.24, 2.45) is 11.3 Å². The Hall–Kier alpha value is -1.15. The summed E-state index contributed by atoms with van der Waals surface area (Å²) in [6.07, 6.45) is 2.91. The van der Waals surface area contributed by atoms with E-state index in [2.05, 4.69) is 19.2 Å². The zero-order valence-corrected chi connectivity index (χ0v) is 11.4. The van der Waals surface area contributed by atoms with Crippen molar-refractivity contribution in [3.63, 3.8) is 0 Å². The van der Waals surface area contributed by atoms with E-state index in [1.54, 1.807) is 0 Å². The van der Waals surface area contributed by atoms with Crippen molar-refractivity contribution in [2.75, 3.05) is 13.1 Å². The van der Waals surface area contributed by atoms with Crippen LogP contribution in [0.25, 0.3) is 0 Å². The number of carbonyl (C=O) groups is 1. The molecule has 1 N–H and O–H groups in total. The monoisotopic (exact) mass is 245 g/mol. The first-order chi connectivity index (χ1) is 8.60. The van der Waals surface area contributed by atoms with E-state index in [1.807, 2.05) is 30.3 Å². The SMILES string of the molecule is CC(C)(C(=O)Cc1ccccc1)C1CCCNC1. The van der Waals surface area contributed by atoms with Crippen molar-refractivity contribution >= 4 is 5.78 Å². The second kappa shape index (κ2) is 5.66. The summed E-state index contributed by atoms with van der Waals surface area (Å²) in [5, 5.41) is 3.41. The highest BCUT2D eigenvalue weighted by Crippen LogP contribution is 2.33. The van der Waals surface area contributed by atoms with Crippen molar-refractivity contribution in [3.05, 3.63) is 35.9 Å². The van der Waals surface area contributed by atoms with Crippen LogP contribution in [-0.2, 0) is 11.2 Å². The van der Waals surface area contributed by atoms with Crippen LogP contribution in [0.4, 0.5) is 0 Å². The van der Waals surface area contributed by atoms with Crippen molar-refractivity contribution in [2.45, 2.75) is 33.1 Å². The topological polar surface area (TPSA) is 29.1 Å².